The van der Waals surface area contributed by atoms with Crippen LogP contribution in [0.25, 0.3) is 0 Å². The normalized spacial score (nSPS) is 20.1. The maximum Gasteiger partial charge on any atom is 0.358 e. The SMILES string of the molecule is O=C(O)c1nnn(CC2Cc3ccccc3O2)c1C1CC1. The summed E-state index contributed by atoms with van der Waals surface area (Å²) in [6.45, 7) is 0.542. The van der Waals surface area contributed by atoms with Crippen LogP contribution >= 0.6 is 0 Å². The van der Waals surface area contributed by atoms with Gasteiger partial charge in [0.1, 0.15) is 11.9 Å². The fourth-order valence-corrected chi connectivity index (χ4v) is 2.92. The molecule has 2 heterocycles. The number of hydrogen-bond acceptors (Lipinski definition) is 4. The van der Waals surface area contributed by atoms with Gasteiger partial charge in [-0.2, -0.15) is 0 Å². The number of aromatic nitrogens is 3. The van der Waals surface area contributed by atoms with Gasteiger partial charge in [-0.15, -0.1) is 5.10 Å². The topological polar surface area (TPSA) is 77.2 Å². The quantitative estimate of drug-likeness (QED) is 0.927. The largest absolute Gasteiger partial charge is 0.488 e. The predicted octanol–water partition coefficient (Wildman–Crippen LogP) is 1.86. The fourth-order valence-electron chi connectivity index (χ4n) is 2.92. The van der Waals surface area contributed by atoms with E-state index in [0.29, 0.717) is 6.54 Å². The molecule has 1 saturated carbocycles. The van der Waals surface area contributed by atoms with Crippen molar-refractivity contribution in [3.63, 3.8) is 0 Å². The summed E-state index contributed by atoms with van der Waals surface area (Å²) in [5, 5.41) is 17.1. The van der Waals surface area contributed by atoms with E-state index in [2.05, 4.69) is 16.4 Å². The van der Waals surface area contributed by atoms with Gasteiger partial charge in [0.25, 0.3) is 0 Å². The van der Waals surface area contributed by atoms with Crippen LogP contribution in [0.3, 0.4) is 0 Å². The standard InChI is InChI=1S/C15H15N3O3/c19-15(20)13-14(9-5-6-9)18(17-16-13)8-11-7-10-3-1-2-4-12(10)21-11/h1-4,9,11H,5-8H2,(H,19,20). The Morgan fingerprint density at radius 3 is 2.90 bits per heavy atom. The van der Waals surface area contributed by atoms with E-state index in [1.54, 1.807) is 4.68 Å². The molecule has 2 aromatic rings. The van der Waals surface area contributed by atoms with Crippen molar-refractivity contribution in [3.8, 4) is 5.75 Å². The van der Waals surface area contributed by atoms with Crippen molar-refractivity contribution in [2.45, 2.75) is 37.8 Å². The molecule has 1 unspecified atom stereocenters. The van der Waals surface area contributed by atoms with Crippen molar-refractivity contribution in [3.05, 3.63) is 41.2 Å². The van der Waals surface area contributed by atoms with Crippen LogP contribution < -0.4 is 4.74 Å². The maximum atomic E-state index is 11.2. The van der Waals surface area contributed by atoms with E-state index < -0.39 is 5.97 Å². The second-order valence-corrected chi connectivity index (χ2v) is 5.64. The molecule has 1 fully saturated rings. The van der Waals surface area contributed by atoms with Crippen LogP contribution in [-0.4, -0.2) is 32.2 Å². The summed E-state index contributed by atoms with van der Waals surface area (Å²) in [5.74, 6) is 0.197. The Labute approximate surface area is 121 Å². The van der Waals surface area contributed by atoms with Crippen LogP contribution in [-0.2, 0) is 13.0 Å². The van der Waals surface area contributed by atoms with Gasteiger partial charge in [0, 0.05) is 12.3 Å². The third-order valence-corrected chi connectivity index (χ3v) is 4.03. The molecule has 1 N–H and O–H groups in total. The highest BCUT2D eigenvalue weighted by Gasteiger charge is 2.35. The number of fused-ring (bicyclic) bond motifs is 1. The van der Waals surface area contributed by atoms with Gasteiger partial charge in [-0.3, -0.25) is 0 Å². The van der Waals surface area contributed by atoms with Crippen molar-refractivity contribution in [2.24, 2.45) is 0 Å². The molecule has 0 spiro atoms. The number of aromatic carboxylic acids is 1. The van der Waals surface area contributed by atoms with Crippen molar-refractivity contribution in [1.82, 2.24) is 15.0 Å². The second kappa shape index (κ2) is 4.58. The molecule has 0 amide bonds. The number of carbonyl (C=O) groups is 1. The minimum absolute atomic E-state index is 0.0109. The zero-order valence-corrected chi connectivity index (χ0v) is 11.4. The molecular weight excluding hydrogens is 270 g/mol. The van der Waals surface area contributed by atoms with E-state index in [1.807, 2.05) is 18.2 Å². The Morgan fingerprint density at radius 2 is 2.19 bits per heavy atom. The maximum absolute atomic E-state index is 11.2. The Hall–Kier alpha value is -2.37. The number of nitrogens with zero attached hydrogens (tertiary/aromatic N) is 3. The fraction of sp³-hybridized carbons (Fsp3) is 0.400. The summed E-state index contributed by atoms with van der Waals surface area (Å²) in [7, 11) is 0. The molecule has 4 rings (SSSR count). The molecule has 21 heavy (non-hydrogen) atoms. The monoisotopic (exact) mass is 285 g/mol. The number of carboxylic acid groups (broad SMARTS) is 1. The van der Waals surface area contributed by atoms with Crippen LogP contribution in [0.15, 0.2) is 24.3 Å². The van der Waals surface area contributed by atoms with Gasteiger partial charge in [-0.25, -0.2) is 9.48 Å². The third kappa shape index (κ3) is 2.16. The summed E-state index contributed by atoms with van der Waals surface area (Å²) >= 11 is 0. The first-order valence-corrected chi connectivity index (χ1v) is 7.13. The summed E-state index contributed by atoms with van der Waals surface area (Å²) < 4.78 is 7.62. The molecule has 108 valence electrons. The summed E-state index contributed by atoms with van der Waals surface area (Å²) in [5.41, 5.74) is 2.03. The number of para-hydroxylation sites is 1. The van der Waals surface area contributed by atoms with Crippen molar-refractivity contribution in [1.29, 1.82) is 0 Å². The average Bonchev–Trinajstić information content (AvgIpc) is 3.08. The molecule has 0 radical (unpaired) electrons. The molecule has 1 aliphatic heterocycles. The van der Waals surface area contributed by atoms with E-state index in [4.69, 9.17) is 4.74 Å². The van der Waals surface area contributed by atoms with Crippen LogP contribution in [0.2, 0.25) is 0 Å². The first-order valence-electron chi connectivity index (χ1n) is 7.13. The van der Waals surface area contributed by atoms with Crippen LogP contribution in [0, 0.1) is 0 Å². The minimum Gasteiger partial charge on any atom is -0.488 e. The zero-order valence-electron chi connectivity index (χ0n) is 11.4. The molecule has 2 aliphatic rings. The zero-order chi connectivity index (χ0) is 14.4. The molecule has 0 bridgehead atoms. The Balaban J connectivity index is 1.57. The average molecular weight is 285 g/mol. The molecule has 6 heteroatoms. The highest BCUT2D eigenvalue weighted by molar-refractivity contribution is 5.86. The molecule has 1 aromatic heterocycles. The number of rotatable bonds is 4. The molecule has 1 aliphatic carbocycles. The highest BCUT2D eigenvalue weighted by Crippen LogP contribution is 2.41. The van der Waals surface area contributed by atoms with Crippen molar-refractivity contribution >= 4 is 5.97 Å². The number of hydrogen-bond donors (Lipinski definition) is 1. The van der Waals surface area contributed by atoms with Crippen molar-refractivity contribution < 1.29 is 14.6 Å². The molecule has 1 atom stereocenters. The van der Waals surface area contributed by atoms with Gasteiger partial charge in [-0.05, 0) is 24.5 Å². The predicted molar refractivity (Wildman–Crippen MR) is 73.5 cm³/mol. The lowest BCUT2D eigenvalue weighted by Gasteiger charge is -2.12. The van der Waals surface area contributed by atoms with E-state index in [-0.39, 0.29) is 17.7 Å². The molecule has 0 saturated heterocycles. The number of benzene rings is 1. The number of carboxylic acids is 1. The Morgan fingerprint density at radius 1 is 1.38 bits per heavy atom. The smallest absolute Gasteiger partial charge is 0.358 e. The Bertz CT molecular complexity index is 681. The lowest BCUT2D eigenvalue weighted by molar-refractivity contribution is 0.0689. The van der Waals surface area contributed by atoms with E-state index in [9.17, 15) is 9.90 Å². The van der Waals surface area contributed by atoms with Gasteiger partial charge >= 0.3 is 5.97 Å². The van der Waals surface area contributed by atoms with Crippen LogP contribution in [0.5, 0.6) is 5.75 Å². The lowest BCUT2D eigenvalue weighted by Crippen LogP contribution is -2.23. The van der Waals surface area contributed by atoms with Gasteiger partial charge in [-0.1, -0.05) is 23.4 Å². The molecule has 6 nitrogen and oxygen atoms in total. The molecular formula is C15H15N3O3. The van der Waals surface area contributed by atoms with Gasteiger partial charge < -0.3 is 9.84 Å². The third-order valence-electron chi connectivity index (χ3n) is 4.03. The highest BCUT2D eigenvalue weighted by atomic mass is 16.5. The first-order chi connectivity index (χ1) is 10.2. The van der Waals surface area contributed by atoms with Gasteiger partial charge in [0.05, 0.1) is 12.2 Å². The van der Waals surface area contributed by atoms with Gasteiger partial charge in [0.2, 0.25) is 0 Å². The Kier molecular flexibility index (Phi) is 2.70. The lowest BCUT2D eigenvalue weighted by atomic mass is 10.1. The number of ether oxygens (including phenoxy) is 1. The van der Waals surface area contributed by atoms with Crippen LogP contribution in [0.1, 0.15) is 40.5 Å². The summed E-state index contributed by atoms with van der Waals surface area (Å²) in [6.07, 6.45) is 2.84. The van der Waals surface area contributed by atoms with E-state index >= 15 is 0 Å². The van der Waals surface area contributed by atoms with E-state index in [1.165, 1.54) is 5.56 Å². The summed E-state index contributed by atoms with van der Waals surface area (Å²) in [6, 6.07) is 7.97. The summed E-state index contributed by atoms with van der Waals surface area (Å²) in [4.78, 5) is 11.2. The van der Waals surface area contributed by atoms with Gasteiger partial charge in [0.15, 0.2) is 5.69 Å². The van der Waals surface area contributed by atoms with Crippen molar-refractivity contribution in [2.75, 3.05) is 0 Å². The van der Waals surface area contributed by atoms with Crippen LogP contribution in [0.4, 0.5) is 0 Å². The van der Waals surface area contributed by atoms with E-state index in [0.717, 1.165) is 30.7 Å². The minimum atomic E-state index is -1.00. The molecule has 1 aromatic carbocycles. The first kappa shape index (κ1) is 12.4. The second-order valence-electron chi connectivity index (χ2n) is 5.64.